The van der Waals surface area contributed by atoms with Crippen LogP contribution in [0.25, 0.3) is 0 Å². The maximum Gasteiger partial charge on any atom is 0.406 e. The summed E-state index contributed by atoms with van der Waals surface area (Å²) in [6.45, 7) is 1.12. The molecule has 1 amide bonds. The molecule has 16 heavy (non-hydrogen) atoms. The Hall–Kier alpha value is -1.04. The van der Waals surface area contributed by atoms with Gasteiger partial charge in [0.25, 0.3) is 0 Å². The second kappa shape index (κ2) is 6.52. The largest absolute Gasteiger partial charge is 0.406 e. The van der Waals surface area contributed by atoms with Crippen LogP contribution in [0.3, 0.4) is 0 Å². The van der Waals surface area contributed by atoms with E-state index in [-0.39, 0.29) is 12.1 Å². The van der Waals surface area contributed by atoms with Crippen molar-refractivity contribution in [2.45, 2.75) is 26.4 Å². The fraction of sp³-hybridized carbons (Fsp3) is 0.700. The molecule has 0 rings (SSSR count). The number of nitrogens with zero attached hydrogens (tertiary/aromatic N) is 1. The first kappa shape index (κ1) is 15.0. The summed E-state index contributed by atoms with van der Waals surface area (Å²) in [6, 6.07) is 0. The summed E-state index contributed by atoms with van der Waals surface area (Å²) in [5, 5.41) is 8.61. The molecule has 0 aromatic carbocycles. The number of alkyl halides is 3. The highest BCUT2D eigenvalue weighted by Crippen LogP contribution is 2.17. The number of halogens is 3. The molecule has 0 atom stereocenters. The Kier molecular flexibility index (Phi) is 6.10. The molecule has 0 aliphatic rings. The lowest BCUT2D eigenvalue weighted by Gasteiger charge is -2.23. The summed E-state index contributed by atoms with van der Waals surface area (Å²) in [7, 11) is 0. The van der Waals surface area contributed by atoms with E-state index in [0.29, 0.717) is 11.3 Å². The molecular weight excluding hydrogens is 223 g/mol. The maximum absolute atomic E-state index is 12.1. The fourth-order valence-corrected chi connectivity index (χ4v) is 1.23. The van der Waals surface area contributed by atoms with Gasteiger partial charge in [-0.3, -0.25) is 4.79 Å². The van der Waals surface area contributed by atoms with Crippen molar-refractivity contribution in [3.8, 4) is 0 Å². The first-order chi connectivity index (χ1) is 7.31. The molecule has 0 saturated carbocycles. The summed E-state index contributed by atoms with van der Waals surface area (Å²) >= 11 is 0. The minimum Gasteiger partial charge on any atom is -0.395 e. The Labute approximate surface area is 92.5 Å². The molecule has 0 spiro atoms. The maximum atomic E-state index is 12.1. The van der Waals surface area contributed by atoms with Gasteiger partial charge in [-0.1, -0.05) is 13.0 Å². The first-order valence-corrected chi connectivity index (χ1v) is 4.95. The normalized spacial score (nSPS) is 12.8. The predicted molar refractivity (Wildman–Crippen MR) is 53.8 cm³/mol. The van der Waals surface area contributed by atoms with Gasteiger partial charge in [-0.15, -0.1) is 0 Å². The fourth-order valence-electron chi connectivity index (χ4n) is 1.23. The molecule has 6 heteroatoms. The third kappa shape index (κ3) is 5.75. The zero-order valence-electron chi connectivity index (χ0n) is 9.34. The van der Waals surface area contributed by atoms with E-state index in [2.05, 4.69) is 0 Å². The van der Waals surface area contributed by atoms with Gasteiger partial charge in [0.05, 0.1) is 6.61 Å². The number of hydrogen-bond acceptors (Lipinski definition) is 2. The van der Waals surface area contributed by atoms with Crippen molar-refractivity contribution >= 4 is 5.91 Å². The highest BCUT2D eigenvalue weighted by Gasteiger charge is 2.32. The second-order valence-electron chi connectivity index (χ2n) is 3.36. The Morgan fingerprint density at radius 3 is 2.38 bits per heavy atom. The lowest BCUT2D eigenvalue weighted by molar-refractivity contribution is -0.159. The number of allylic oxidation sites excluding steroid dienone is 1. The van der Waals surface area contributed by atoms with E-state index in [1.165, 1.54) is 6.92 Å². The van der Waals surface area contributed by atoms with Crippen molar-refractivity contribution in [2.75, 3.05) is 19.7 Å². The van der Waals surface area contributed by atoms with E-state index in [9.17, 15) is 18.0 Å². The van der Waals surface area contributed by atoms with Crippen LogP contribution in [-0.4, -0.2) is 41.8 Å². The number of hydrogen-bond donors (Lipinski definition) is 1. The van der Waals surface area contributed by atoms with Crippen LogP contribution in [0.4, 0.5) is 13.2 Å². The highest BCUT2D eigenvalue weighted by atomic mass is 19.4. The molecule has 0 heterocycles. The third-order valence-electron chi connectivity index (χ3n) is 1.87. The van der Waals surface area contributed by atoms with Crippen LogP contribution < -0.4 is 0 Å². The molecule has 1 N–H and O–H groups in total. The van der Waals surface area contributed by atoms with Crippen LogP contribution in [0.1, 0.15) is 20.3 Å². The lowest BCUT2D eigenvalue weighted by Crippen LogP contribution is -2.41. The topological polar surface area (TPSA) is 40.5 Å². The SMILES string of the molecule is CC/C=C(/C)C(=O)N(CCO)CC(F)(F)F. The van der Waals surface area contributed by atoms with Crippen LogP contribution in [0.5, 0.6) is 0 Å². The van der Waals surface area contributed by atoms with Gasteiger partial charge in [0.1, 0.15) is 6.54 Å². The first-order valence-electron chi connectivity index (χ1n) is 4.95. The van der Waals surface area contributed by atoms with Crippen molar-refractivity contribution in [2.24, 2.45) is 0 Å². The van der Waals surface area contributed by atoms with E-state index in [1.807, 2.05) is 0 Å². The standard InChI is InChI=1S/C10H16F3NO2/c1-3-4-8(2)9(16)14(5-6-15)7-10(11,12)13/h4,15H,3,5-7H2,1-2H3/b8-4-. The molecule has 0 aromatic rings. The average molecular weight is 239 g/mol. The molecule has 0 aliphatic heterocycles. The molecule has 0 bridgehead atoms. The molecule has 0 fully saturated rings. The van der Waals surface area contributed by atoms with Gasteiger partial charge in [0.2, 0.25) is 5.91 Å². The number of amides is 1. The van der Waals surface area contributed by atoms with Crippen LogP contribution in [-0.2, 0) is 4.79 Å². The van der Waals surface area contributed by atoms with Crippen molar-refractivity contribution in [1.82, 2.24) is 4.90 Å². The Morgan fingerprint density at radius 1 is 1.44 bits per heavy atom. The summed E-state index contributed by atoms with van der Waals surface area (Å²) in [5.74, 6) is -0.687. The van der Waals surface area contributed by atoms with Crippen molar-refractivity contribution in [3.05, 3.63) is 11.6 Å². The monoisotopic (exact) mass is 239 g/mol. The van der Waals surface area contributed by atoms with E-state index in [4.69, 9.17) is 5.11 Å². The van der Waals surface area contributed by atoms with Gasteiger partial charge in [-0.05, 0) is 13.3 Å². The summed E-state index contributed by atoms with van der Waals surface area (Å²) in [6.07, 6.45) is -2.31. The highest BCUT2D eigenvalue weighted by molar-refractivity contribution is 5.92. The minimum absolute atomic E-state index is 0.264. The van der Waals surface area contributed by atoms with E-state index >= 15 is 0 Å². The number of carbonyl (C=O) groups excluding carboxylic acids is 1. The van der Waals surface area contributed by atoms with Crippen molar-refractivity contribution < 1.29 is 23.1 Å². The smallest absolute Gasteiger partial charge is 0.395 e. The molecule has 0 aliphatic carbocycles. The minimum atomic E-state index is -4.45. The summed E-state index contributed by atoms with van der Waals surface area (Å²) in [4.78, 5) is 12.1. The lowest BCUT2D eigenvalue weighted by atomic mass is 10.2. The molecule has 3 nitrogen and oxygen atoms in total. The molecule has 0 saturated heterocycles. The molecule has 0 radical (unpaired) electrons. The summed E-state index contributed by atoms with van der Waals surface area (Å²) in [5.41, 5.74) is 0.264. The second-order valence-corrected chi connectivity index (χ2v) is 3.36. The number of carbonyl (C=O) groups is 1. The Balaban J connectivity index is 4.65. The third-order valence-corrected chi connectivity index (χ3v) is 1.87. The molecule has 94 valence electrons. The van der Waals surface area contributed by atoms with Crippen LogP contribution in [0.15, 0.2) is 11.6 Å². The van der Waals surface area contributed by atoms with Crippen molar-refractivity contribution in [3.63, 3.8) is 0 Å². The van der Waals surface area contributed by atoms with E-state index < -0.39 is 25.2 Å². The van der Waals surface area contributed by atoms with Gasteiger partial charge in [-0.25, -0.2) is 0 Å². The summed E-state index contributed by atoms with van der Waals surface area (Å²) < 4.78 is 36.4. The Bertz CT molecular complexity index is 261. The number of aliphatic hydroxyl groups is 1. The quantitative estimate of drug-likeness (QED) is 0.742. The zero-order chi connectivity index (χ0) is 12.8. The number of aliphatic hydroxyl groups excluding tert-OH is 1. The van der Waals surface area contributed by atoms with Crippen LogP contribution >= 0.6 is 0 Å². The predicted octanol–water partition coefficient (Wildman–Crippen LogP) is 1.73. The average Bonchev–Trinajstić information content (AvgIpc) is 2.14. The van der Waals surface area contributed by atoms with Gasteiger partial charge >= 0.3 is 6.18 Å². The Morgan fingerprint density at radius 2 is 2.00 bits per heavy atom. The molecule has 0 unspecified atom stereocenters. The van der Waals surface area contributed by atoms with E-state index in [1.54, 1.807) is 13.0 Å². The molecular formula is C10H16F3NO2. The van der Waals surface area contributed by atoms with Gasteiger partial charge in [0, 0.05) is 12.1 Å². The van der Waals surface area contributed by atoms with Gasteiger partial charge in [0.15, 0.2) is 0 Å². The van der Waals surface area contributed by atoms with E-state index in [0.717, 1.165) is 0 Å². The number of rotatable bonds is 5. The van der Waals surface area contributed by atoms with Crippen molar-refractivity contribution in [1.29, 1.82) is 0 Å². The van der Waals surface area contributed by atoms with Crippen LogP contribution in [0, 0.1) is 0 Å². The zero-order valence-corrected chi connectivity index (χ0v) is 9.34. The van der Waals surface area contributed by atoms with Gasteiger partial charge < -0.3 is 10.0 Å². The molecule has 0 aromatic heterocycles. The van der Waals surface area contributed by atoms with Crippen LogP contribution in [0.2, 0.25) is 0 Å². The van der Waals surface area contributed by atoms with Gasteiger partial charge in [-0.2, -0.15) is 13.2 Å².